The third kappa shape index (κ3) is 2.90. The van der Waals surface area contributed by atoms with Crippen LogP contribution in [-0.2, 0) is 4.79 Å². The van der Waals surface area contributed by atoms with E-state index >= 15 is 0 Å². The van der Waals surface area contributed by atoms with Crippen molar-refractivity contribution in [2.45, 2.75) is 26.8 Å². The van der Waals surface area contributed by atoms with Crippen LogP contribution in [0.4, 0.5) is 5.82 Å². The van der Waals surface area contributed by atoms with E-state index in [0.717, 1.165) is 5.69 Å². The van der Waals surface area contributed by atoms with Gasteiger partial charge in [0.1, 0.15) is 11.9 Å². The van der Waals surface area contributed by atoms with Gasteiger partial charge in [-0.25, -0.2) is 4.98 Å². The summed E-state index contributed by atoms with van der Waals surface area (Å²) in [5.74, 6) is 0.342. The molecule has 1 amide bonds. The smallest absolute Gasteiger partial charge is 0.240 e. The highest BCUT2D eigenvalue weighted by molar-refractivity contribution is 5.83. The van der Waals surface area contributed by atoms with E-state index in [4.69, 9.17) is 5.73 Å². The number of aryl methyl sites for hydroxylation is 1. The summed E-state index contributed by atoms with van der Waals surface area (Å²) >= 11 is 0. The Morgan fingerprint density at radius 2 is 2.00 bits per heavy atom. The summed E-state index contributed by atoms with van der Waals surface area (Å²) < 4.78 is 0. The molecule has 0 bridgehead atoms. The second-order valence-corrected chi connectivity index (χ2v) is 3.76. The molecule has 1 rings (SSSR count). The van der Waals surface area contributed by atoms with Crippen LogP contribution >= 0.6 is 0 Å². The Kier molecular flexibility index (Phi) is 3.60. The van der Waals surface area contributed by atoms with Crippen LogP contribution in [0, 0.1) is 12.8 Å². The van der Waals surface area contributed by atoms with E-state index < -0.39 is 6.04 Å². The molecule has 0 aliphatic rings. The summed E-state index contributed by atoms with van der Waals surface area (Å²) in [6.45, 7) is 5.68. The van der Waals surface area contributed by atoms with Gasteiger partial charge in [0, 0.05) is 12.4 Å². The summed E-state index contributed by atoms with van der Waals surface area (Å²) in [5.41, 5.74) is 6.04. The van der Waals surface area contributed by atoms with Crippen LogP contribution in [0.3, 0.4) is 0 Å². The standard InChI is InChI=1S/C10H16N4O/c1-6(2)8(9(11)15)14-10-7(3)12-4-5-13-10/h4-6,8H,1-3H3,(H2,11,15)(H,13,14). The Bertz CT molecular complexity index is 351. The first-order chi connectivity index (χ1) is 7.02. The molecule has 1 aromatic rings. The quantitative estimate of drug-likeness (QED) is 0.763. The van der Waals surface area contributed by atoms with Crippen LogP contribution in [0.15, 0.2) is 12.4 Å². The molecule has 0 spiro atoms. The molecule has 5 heteroatoms. The van der Waals surface area contributed by atoms with Crippen molar-refractivity contribution in [3.8, 4) is 0 Å². The van der Waals surface area contributed by atoms with E-state index in [1.807, 2.05) is 20.8 Å². The maximum atomic E-state index is 11.2. The first kappa shape index (κ1) is 11.4. The zero-order valence-corrected chi connectivity index (χ0v) is 9.19. The van der Waals surface area contributed by atoms with Gasteiger partial charge in [-0.15, -0.1) is 0 Å². The minimum absolute atomic E-state index is 0.115. The number of hydrogen-bond acceptors (Lipinski definition) is 4. The maximum Gasteiger partial charge on any atom is 0.240 e. The maximum absolute atomic E-state index is 11.2. The van der Waals surface area contributed by atoms with Gasteiger partial charge in [-0.05, 0) is 12.8 Å². The van der Waals surface area contributed by atoms with E-state index in [0.29, 0.717) is 5.82 Å². The van der Waals surface area contributed by atoms with Gasteiger partial charge in [0.25, 0.3) is 0 Å². The van der Waals surface area contributed by atoms with E-state index in [2.05, 4.69) is 15.3 Å². The third-order valence-corrected chi connectivity index (χ3v) is 2.15. The lowest BCUT2D eigenvalue weighted by Gasteiger charge is -2.19. The lowest BCUT2D eigenvalue weighted by atomic mass is 10.0. The molecule has 1 heterocycles. The van der Waals surface area contributed by atoms with Gasteiger partial charge in [-0.2, -0.15) is 0 Å². The number of nitrogens with one attached hydrogen (secondary N) is 1. The van der Waals surface area contributed by atoms with Crippen molar-refractivity contribution in [3.05, 3.63) is 18.1 Å². The van der Waals surface area contributed by atoms with Gasteiger partial charge in [-0.1, -0.05) is 13.8 Å². The summed E-state index contributed by atoms with van der Waals surface area (Å²) in [6.07, 6.45) is 3.18. The zero-order chi connectivity index (χ0) is 11.4. The Hall–Kier alpha value is -1.65. The molecule has 1 unspecified atom stereocenters. The lowest BCUT2D eigenvalue weighted by molar-refractivity contribution is -0.119. The van der Waals surface area contributed by atoms with Gasteiger partial charge in [0.15, 0.2) is 0 Å². The molecule has 82 valence electrons. The van der Waals surface area contributed by atoms with Crippen molar-refractivity contribution in [2.24, 2.45) is 11.7 Å². The number of carbonyl (C=O) groups is 1. The van der Waals surface area contributed by atoms with Crippen LogP contribution in [0.25, 0.3) is 0 Å². The van der Waals surface area contributed by atoms with E-state index in [1.54, 1.807) is 12.4 Å². The number of hydrogen-bond donors (Lipinski definition) is 2. The number of rotatable bonds is 4. The molecule has 5 nitrogen and oxygen atoms in total. The fourth-order valence-electron chi connectivity index (χ4n) is 1.26. The molecule has 0 saturated carbocycles. The van der Waals surface area contributed by atoms with Gasteiger partial charge < -0.3 is 11.1 Å². The molecule has 3 N–H and O–H groups in total. The number of anilines is 1. The highest BCUT2D eigenvalue weighted by atomic mass is 16.1. The summed E-state index contributed by atoms with van der Waals surface area (Å²) in [4.78, 5) is 19.3. The molecule has 0 fully saturated rings. The van der Waals surface area contributed by atoms with Crippen LogP contribution < -0.4 is 11.1 Å². The number of amides is 1. The molecule has 1 atom stereocenters. The Morgan fingerprint density at radius 3 is 2.47 bits per heavy atom. The van der Waals surface area contributed by atoms with E-state index in [-0.39, 0.29) is 11.8 Å². The molecular formula is C10H16N4O. The molecular weight excluding hydrogens is 192 g/mol. The van der Waals surface area contributed by atoms with Gasteiger partial charge >= 0.3 is 0 Å². The molecule has 1 aromatic heterocycles. The van der Waals surface area contributed by atoms with E-state index in [9.17, 15) is 4.79 Å². The Morgan fingerprint density at radius 1 is 1.40 bits per heavy atom. The molecule has 0 aliphatic heterocycles. The molecule has 0 radical (unpaired) electrons. The molecule has 0 aliphatic carbocycles. The minimum atomic E-state index is -0.416. The minimum Gasteiger partial charge on any atom is -0.368 e. The van der Waals surface area contributed by atoms with Gasteiger partial charge in [0.05, 0.1) is 5.69 Å². The van der Waals surface area contributed by atoms with Crippen molar-refractivity contribution in [2.75, 3.05) is 5.32 Å². The Balaban J connectivity index is 2.84. The predicted octanol–water partition coefficient (Wildman–Crippen LogP) is 0.707. The van der Waals surface area contributed by atoms with Crippen LogP contribution in [0.5, 0.6) is 0 Å². The average molecular weight is 208 g/mol. The predicted molar refractivity (Wildman–Crippen MR) is 58.2 cm³/mol. The zero-order valence-electron chi connectivity index (χ0n) is 9.19. The monoisotopic (exact) mass is 208 g/mol. The van der Waals surface area contributed by atoms with Gasteiger partial charge in [-0.3, -0.25) is 9.78 Å². The highest BCUT2D eigenvalue weighted by Crippen LogP contribution is 2.12. The normalized spacial score (nSPS) is 12.5. The molecule has 15 heavy (non-hydrogen) atoms. The number of nitrogens with zero attached hydrogens (tertiary/aromatic N) is 2. The molecule has 0 saturated heterocycles. The second kappa shape index (κ2) is 4.72. The van der Waals surface area contributed by atoms with Crippen molar-refractivity contribution in [3.63, 3.8) is 0 Å². The topological polar surface area (TPSA) is 80.9 Å². The van der Waals surface area contributed by atoms with Crippen LogP contribution in [-0.4, -0.2) is 21.9 Å². The second-order valence-electron chi connectivity index (χ2n) is 3.76. The number of aromatic nitrogens is 2. The summed E-state index contributed by atoms with van der Waals surface area (Å²) in [7, 11) is 0. The van der Waals surface area contributed by atoms with Crippen LogP contribution in [0.2, 0.25) is 0 Å². The third-order valence-electron chi connectivity index (χ3n) is 2.15. The number of nitrogens with two attached hydrogens (primary N) is 1. The van der Waals surface area contributed by atoms with Crippen molar-refractivity contribution in [1.82, 2.24) is 9.97 Å². The number of carbonyl (C=O) groups excluding carboxylic acids is 1. The van der Waals surface area contributed by atoms with Crippen LogP contribution in [0.1, 0.15) is 19.5 Å². The fraction of sp³-hybridized carbons (Fsp3) is 0.500. The highest BCUT2D eigenvalue weighted by Gasteiger charge is 2.20. The fourth-order valence-corrected chi connectivity index (χ4v) is 1.26. The van der Waals surface area contributed by atoms with Crippen molar-refractivity contribution in [1.29, 1.82) is 0 Å². The SMILES string of the molecule is Cc1nccnc1NC(C(N)=O)C(C)C. The first-order valence-corrected chi connectivity index (χ1v) is 4.86. The Labute approximate surface area is 89.1 Å². The lowest BCUT2D eigenvalue weighted by Crippen LogP contribution is -2.40. The number of primary amides is 1. The van der Waals surface area contributed by atoms with E-state index in [1.165, 1.54) is 0 Å². The van der Waals surface area contributed by atoms with Crippen molar-refractivity contribution >= 4 is 11.7 Å². The summed E-state index contributed by atoms with van der Waals surface area (Å²) in [5, 5.41) is 3.00. The van der Waals surface area contributed by atoms with Gasteiger partial charge in [0.2, 0.25) is 5.91 Å². The largest absolute Gasteiger partial charge is 0.368 e. The summed E-state index contributed by atoms with van der Waals surface area (Å²) in [6, 6.07) is -0.416. The molecule has 0 aromatic carbocycles. The first-order valence-electron chi connectivity index (χ1n) is 4.86. The average Bonchev–Trinajstić information content (AvgIpc) is 2.15. The van der Waals surface area contributed by atoms with Crippen molar-refractivity contribution < 1.29 is 4.79 Å².